The Morgan fingerprint density at radius 2 is 2.20 bits per heavy atom. The topological polar surface area (TPSA) is 63.1 Å². The standard InChI is InChI=1S/C9H5ClN2O2S/c10-5-1-6(8-3-15-4-11-8)12-7(2-5)9(13)14/h1-4H,(H,13,14). The minimum absolute atomic E-state index is 0.0782. The molecular formula is C9H5ClN2O2S. The van der Waals surface area contributed by atoms with Gasteiger partial charge in [0.1, 0.15) is 5.69 Å². The second-order valence-corrected chi connectivity index (χ2v) is 3.89. The molecule has 0 atom stereocenters. The number of aromatic nitrogens is 2. The van der Waals surface area contributed by atoms with Gasteiger partial charge in [0.25, 0.3) is 0 Å². The predicted molar refractivity (Wildman–Crippen MR) is 57.3 cm³/mol. The van der Waals surface area contributed by atoms with Crippen molar-refractivity contribution < 1.29 is 9.90 Å². The zero-order valence-electron chi connectivity index (χ0n) is 7.35. The first-order valence-corrected chi connectivity index (χ1v) is 5.28. The normalized spacial score (nSPS) is 10.2. The van der Waals surface area contributed by atoms with Crippen molar-refractivity contribution in [1.29, 1.82) is 0 Å². The van der Waals surface area contributed by atoms with Gasteiger partial charge in [-0.05, 0) is 12.1 Å². The van der Waals surface area contributed by atoms with Crippen LogP contribution in [0.2, 0.25) is 5.02 Å². The molecule has 2 heterocycles. The zero-order chi connectivity index (χ0) is 10.8. The summed E-state index contributed by atoms with van der Waals surface area (Å²) in [6.07, 6.45) is 0. The molecule has 0 radical (unpaired) electrons. The van der Waals surface area contributed by atoms with Crippen LogP contribution in [0.4, 0.5) is 0 Å². The summed E-state index contributed by atoms with van der Waals surface area (Å²) >= 11 is 7.20. The van der Waals surface area contributed by atoms with Gasteiger partial charge in [0.05, 0.1) is 16.9 Å². The van der Waals surface area contributed by atoms with Crippen LogP contribution >= 0.6 is 22.9 Å². The van der Waals surface area contributed by atoms with Crippen molar-refractivity contribution in [1.82, 2.24) is 9.97 Å². The molecule has 15 heavy (non-hydrogen) atoms. The van der Waals surface area contributed by atoms with Gasteiger partial charge < -0.3 is 5.11 Å². The number of halogens is 1. The van der Waals surface area contributed by atoms with Crippen LogP contribution in [-0.2, 0) is 0 Å². The van der Waals surface area contributed by atoms with E-state index < -0.39 is 5.97 Å². The lowest BCUT2D eigenvalue weighted by Crippen LogP contribution is -2.01. The van der Waals surface area contributed by atoms with E-state index in [-0.39, 0.29) is 5.69 Å². The van der Waals surface area contributed by atoms with Gasteiger partial charge >= 0.3 is 5.97 Å². The fourth-order valence-electron chi connectivity index (χ4n) is 1.08. The van der Waals surface area contributed by atoms with Gasteiger partial charge in [0.2, 0.25) is 0 Å². The average Bonchev–Trinajstić information content (AvgIpc) is 2.69. The number of carboxylic acid groups (broad SMARTS) is 1. The summed E-state index contributed by atoms with van der Waals surface area (Å²) in [6, 6.07) is 2.89. The molecule has 0 spiro atoms. The first-order valence-electron chi connectivity index (χ1n) is 3.96. The fraction of sp³-hybridized carbons (Fsp3) is 0. The maximum absolute atomic E-state index is 10.7. The molecule has 4 nitrogen and oxygen atoms in total. The van der Waals surface area contributed by atoms with E-state index in [2.05, 4.69) is 9.97 Å². The molecule has 2 aromatic rings. The van der Waals surface area contributed by atoms with Gasteiger partial charge in [-0.1, -0.05) is 11.6 Å². The van der Waals surface area contributed by atoms with Crippen LogP contribution in [0.1, 0.15) is 10.5 Å². The Labute approximate surface area is 94.2 Å². The molecule has 0 aromatic carbocycles. The van der Waals surface area contributed by atoms with Gasteiger partial charge in [-0.2, -0.15) is 0 Å². The highest BCUT2D eigenvalue weighted by Gasteiger charge is 2.10. The molecule has 2 rings (SSSR count). The number of carbonyl (C=O) groups is 1. The molecule has 2 aromatic heterocycles. The highest BCUT2D eigenvalue weighted by molar-refractivity contribution is 7.07. The number of hydrogen-bond acceptors (Lipinski definition) is 4. The predicted octanol–water partition coefficient (Wildman–Crippen LogP) is 2.56. The molecule has 0 amide bonds. The molecule has 1 N–H and O–H groups in total. The van der Waals surface area contributed by atoms with Crippen molar-refractivity contribution in [2.75, 3.05) is 0 Å². The van der Waals surface area contributed by atoms with Crippen LogP contribution < -0.4 is 0 Å². The summed E-state index contributed by atoms with van der Waals surface area (Å²) < 4.78 is 0. The van der Waals surface area contributed by atoms with E-state index in [0.717, 1.165) is 0 Å². The number of carboxylic acids is 1. The molecule has 76 valence electrons. The van der Waals surface area contributed by atoms with Gasteiger partial charge in [0.15, 0.2) is 0 Å². The average molecular weight is 241 g/mol. The Kier molecular flexibility index (Phi) is 2.66. The molecule has 0 fully saturated rings. The SMILES string of the molecule is O=C(O)c1cc(Cl)cc(-c2cscn2)n1. The summed E-state index contributed by atoms with van der Waals surface area (Å²) in [5.74, 6) is -1.10. The number of rotatable bonds is 2. The second-order valence-electron chi connectivity index (χ2n) is 2.73. The van der Waals surface area contributed by atoms with Crippen molar-refractivity contribution >= 4 is 28.9 Å². The monoisotopic (exact) mass is 240 g/mol. The Morgan fingerprint density at radius 3 is 2.80 bits per heavy atom. The third-order valence-corrected chi connectivity index (χ3v) is 2.51. The third-order valence-electron chi connectivity index (χ3n) is 1.70. The lowest BCUT2D eigenvalue weighted by molar-refractivity contribution is 0.0690. The van der Waals surface area contributed by atoms with Crippen LogP contribution in [0.25, 0.3) is 11.4 Å². The Balaban J connectivity index is 2.54. The van der Waals surface area contributed by atoms with Crippen molar-refractivity contribution in [2.45, 2.75) is 0 Å². The molecule has 0 aliphatic heterocycles. The first-order chi connectivity index (χ1) is 7.16. The van der Waals surface area contributed by atoms with E-state index in [0.29, 0.717) is 16.4 Å². The number of thiazole rings is 1. The molecule has 0 saturated heterocycles. The summed E-state index contributed by atoms with van der Waals surface area (Å²) in [7, 11) is 0. The Bertz CT molecular complexity index is 499. The van der Waals surface area contributed by atoms with Gasteiger partial charge in [-0.15, -0.1) is 11.3 Å². The van der Waals surface area contributed by atoms with Crippen LogP contribution in [0.3, 0.4) is 0 Å². The van der Waals surface area contributed by atoms with E-state index in [9.17, 15) is 4.79 Å². The van der Waals surface area contributed by atoms with E-state index in [1.165, 1.54) is 17.4 Å². The van der Waals surface area contributed by atoms with Crippen LogP contribution in [0.5, 0.6) is 0 Å². The molecule has 0 saturated carbocycles. The van der Waals surface area contributed by atoms with Crippen molar-refractivity contribution in [3.8, 4) is 11.4 Å². The summed E-state index contributed by atoms with van der Waals surface area (Å²) in [5, 5.41) is 10.9. The summed E-state index contributed by atoms with van der Waals surface area (Å²) in [4.78, 5) is 18.7. The van der Waals surface area contributed by atoms with E-state index in [1.807, 2.05) is 0 Å². The minimum atomic E-state index is -1.10. The third kappa shape index (κ3) is 2.14. The molecule has 0 aliphatic rings. The summed E-state index contributed by atoms with van der Waals surface area (Å²) in [5.41, 5.74) is 2.68. The van der Waals surface area contributed by atoms with Crippen LogP contribution in [0, 0.1) is 0 Å². The van der Waals surface area contributed by atoms with Crippen molar-refractivity contribution in [2.24, 2.45) is 0 Å². The first kappa shape index (κ1) is 10.1. The highest BCUT2D eigenvalue weighted by atomic mass is 35.5. The maximum atomic E-state index is 10.7. The van der Waals surface area contributed by atoms with Crippen molar-refractivity contribution in [3.63, 3.8) is 0 Å². The number of pyridine rings is 1. The lowest BCUT2D eigenvalue weighted by atomic mass is 10.2. The van der Waals surface area contributed by atoms with E-state index in [4.69, 9.17) is 16.7 Å². The number of aromatic carboxylic acids is 1. The van der Waals surface area contributed by atoms with E-state index >= 15 is 0 Å². The summed E-state index contributed by atoms with van der Waals surface area (Å²) in [6.45, 7) is 0. The van der Waals surface area contributed by atoms with Gasteiger partial charge in [-0.3, -0.25) is 0 Å². The van der Waals surface area contributed by atoms with Gasteiger partial charge in [-0.25, -0.2) is 14.8 Å². The van der Waals surface area contributed by atoms with Crippen LogP contribution in [0.15, 0.2) is 23.0 Å². The largest absolute Gasteiger partial charge is 0.477 e. The van der Waals surface area contributed by atoms with Gasteiger partial charge in [0, 0.05) is 10.4 Å². The van der Waals surface area contributed by atoms with E-state index in [1.54, 1.807) is 17.0 Å². The second kappa shape index (κ2) is 3.96. The highest BCUT2D eigenvalue weighted by Crippen LogP contribution is 2.21. The molecular weight excluding hydrogens is 236 g/mol. The number of hydrogen-bond donors (Lipinski definition) is 1. The number of nitrogens with zero attached hydrogens (tertiary/aromatic N) is 2. The molecule has 0 aliphatic carbocycles. The maximum Gasteiger partial charge on any atom is 0.354 e. The Morgan fingerprint density at radius 1 is 1.40 bits per heavy atom. The fourth-order valence-corrected chi connectivity index (χ4v) is 1.83. The molecule has 6 heteroatoms. The minimum Gasteiger partial charge on any atom is -0.477 e. The van der Waals surface area contributed by atoms with Crippen LogP contribution in [-0.4, -0.2) is 21.0 Å². The van der Waals surface area contributed by atoms with Crippen molar-refractivity contribution in [3.05, 3.63) is 33.7 Å². The zero-order valence-corrected chi connectivity index (χ0v) is 8.92. The molecule has 0 bridgehead atoms. The lowest BCUT2D eigenvalue weighted by Gasteiger charge is -1.99. The smallest absolute Gasteiger partial charge is 0.354 e. The quantitative estimate of drug-likeness (QED) is 0.876. The Hall–Kier alpha value is -1.46. The molecule has 0 unspecified atom stereocenters.